The Hall–Kier alpha value is -4.32. The lowest BCUT2D eigenvalue weighted by atomic mass is 10.2. The minimum Gasteiger partial charge on any atom is -0.338 e. The molecule has 0 aliphatic heterocycles. The largest absolute Gasteiger partial charge is 0.338 e. The van der Waals surface area contributed by atoms with Crippen molar-refractivity contribution in [3.05, 3.63) is 87.5 Å². The molecule has 0 bridgehead atoms. The first-order valence-electron chi connectivity index (χ1n) is 9.74. The fourth-order valence-electron chi connectivity index (χ4n) is 3.41. The highest BCUT2D eigenvalue weighted by Crippen LogP contribution is 2.26. The van der Waals surface area contributed by atoms with Crippen molar-refractivity contribution in [3.63, 3.8) is 0 Å². The van der Waals surface area contributed by atoms with Crippen LogP contribution in [0.2, 0.25) is 0 Å². The molecule has 164 valence electrons. The second-order valence-electron chi connectivity index (χ2n) is 6.94. The molecule has 0 saturated heterocycles. The molecule has 0 fully saturated rings. The average molecular weight is 461 g/mol. The molecule has 0 aliphatic rings. The summed E-state index contributed by atoms with van der Waals surface area (Å²) in [5, 5.41) is 24.4. The minimum absolute atomic E-state index is 0.0149. The molecule has 12 heteroatoms. The van der Waals surface area contributed by atoms with Crippen LogP contribution < -0.4 is 5.56 Å². The van der Waals surface area contributed by atoms with Gasteiger partial charge >= 0.3 is 0 Å². The number of non-ortho nitro benzene ring substituents is 1. The van der Waals surface area contributed by atoms with Crippen LogP contribution in [0.25, 0.3) is 28.1 Å². The van der Waals surface area contributed by atoms with Crippen LogP contribution in [0.1, 0.15) is 5.89 Å². The normalized spacial score (nSPS) is 11.3. The molecule has 3 heterocycles. The number of hydrogen-bond acceptors (Lipinski definition) is 9. The van der Waals surface area contributed by atoms with Crippen LogP contribution >= 0.6 is 11.8 Å². The number of thioether (sulfide) groups is 1. The van der Waals surface area contributed by atoms with Gasteiger partial charge in [0.2, 0.25) is 17.5 Å². The van der Waals surface area contributed by atoms with Gasteiger partial charge in [-0.05, 0) is 24.3 Å². The maximum atomic E-state index is 12.9. The van der Waals surface area contributed by atoms with Gasteiger partial charge in [-0.15, -0.1) is 16.8 Å². The van der Waals surface area contributed by atoms with Gasteiger partial charge < -0.3 is 4.52 Å². The maximum absolute atomic E-state index is 12.9. The average Bonchev–Trinajstić information content (AvgIpc) is 3.48. The highest BCUT2D eigenvalue weighted by Gasteiger charge is 2.18. The zero-order valence-corrected chi connectivity index (χ0v) is 17.8. The van der Waals surface area contributed by atoms with E-state index in [1.807, 2.05) is 22.6 Å². The van der Waals surface area contributed by atoms with Crippen LogP contribution in [0.4, 0.5) is 5.69 Å². The number of allylic oxidation sites excluding steroid dienone is 1. The molecular formula is C21H15N7O4S. The van der Waals surface area contributed by atoms with E-state index in [1.165, 1.54) is 28.5 Å². The van der Waals surface area contributed by atoms with Crippen LogP contribution in [-0.2, 0) is 12.3 Å². The van der Waals surface area contributed by atoms with Crippen molar-refractivity contribution in [1.82, 2.24) is 29.3 Å². The SMILES string of the molecule is C=CCn1c(=O)c2ccccc2n2c(SCc3nc(-c4ccc([N+](=O)[O-])cc4)no3)nnc12. The number of nitro groups is 1. The van der Waals surface area contributed by atoms with Crippen LogP contribution in [0.3, 0.4) is 0 Å². The predicted molar refractivity (Wildman–Crippen MR) is 121 cm³/mol. The summed E-state index contributed by atoms with van der Waals surface area (Å²) < 4.78 is 8.67. The Balaban J connectivity index is 1.46. The summed E-state index contributed by atoms with van der Waals surface area (Å²) in [7, 11) is 0. The van der Waals surface area contributed by atoms with Crippen molar-refractivity contribution in [3.8, 4) is 11.4 Å². The molecule has 0 N–H and O–H groups in total. The Bertz CT molecular complexity index is 1570. The Kier molecular flexibility index (Phi) is 5.18. The summed E-state index contributed by atoms with van der Waals surface area (Å²) >= 11 is 1.33. The molecule has 5 aromatic rings. The molecule has 33 heavy (non-hydrogen) atoms. The monoisotopic (exact) mass is 461 g/mol. The molecule has 0 spiro atoms. The topological polar surface area (TPSA) is 134 Å². The molecular weight excluding hydrogens is 446 g/mol. The Morgan fingerprint density at radius 3 is 2.70 bits per heavy atom. The lowest BCUT2D eigenvalue weighted by Gasteiger charge is -2.09. The summed E-state index contributed by atoms with van der Waals surface area (Å²) in [5.74, 6) is 1.42. The highest BCUT2D eigenvalue weighted by molar-refractivity contribution is 7.98. The quantitative estimate of drug-likeness (QED) is 0.154. The van der Waals surface area contributed by atoms with Crippen molar-refractivity contribution in [2.24, 2.45) is 0 Å². The Morgan fingerprint density at radius 2 is 1.94 bits per heavy atom. The third-order valence-corrected chi connectivity index (χ3v) is 5.83. The van der Waals surface area contributed by atoms with Crippen molar-refractivity contribution in [2.45, 2.75) is 17.5 Å². The number of para-hydroxylation sites is 1. The fraction of sp³-hybridized carbons (Fsp3) is 0.0952. The number of rotatable bonds is 7. The van der Waals surface area contributed by atoms with Crippen LogP contribution in [0.15, 0.2) is 75.7 Å². The van der Waals surface area contributed by atoms with Crippen molar-refractivity contribution in [2.75, 3.05) is 0 Å². The van der Waals surface area contributed by atoms with E-state index in [-0.39, 0.29) is 11.2 Å². The Morgan fingerprint density at radius 1 is 1.15 bits per heavy atom. The van der Waals surface area contributed by atoms with Crippen LogP contribution in [-0.4, -0.2) is 34.2 Å². The minimum atomic E-state index is -0.469. The van der Waals surface area contributed by atoms with E-state index in [0.29, 0.717) is 51.4 Å². The molecule has 11 nitrogen and oxygen atoms in total. The molecule has 3 aromatic heterocycles. The van der Waals surface area contributed by atoms with E-state index in [9.17, 15) is 14.9 Å². The molecule has 0 radical (unpaired) electrons. The Labute approximate surface area is 189 Å². The van der Waals surface area contributed by atoms with Gasteiger partial charge in [-0.1, -0.05) is 35.1 Å². The van der Waals surface area contributed by atoms with E-state index in [0.717, 1.165) is 0 Å². The number of benzene rings is 2. The van der Waals surface area contributed by atoms with E-state index < -0.39 is 4.92 Å². The molecule has 5 rings (SSSR count). The third kappa shape index (κ3) is 3.65. The van der Waals surface area contributed by atoms with Gasteiger partial charge in [0, 0.05) is 24.2 Å². The molecule has 2 aromatic carbocycles. The summed E-state index contributed by atoms with van der Waals surface area (Å²) in [6.07, 6.45) is 1.63. The first kappa shape index (κ1) is 20.6. The van der Waals surface area contributed by atoms with E-state index in [2.05, 4.69) is 26.9 Å². The van der Waals surface area contributed by atoms with Gasteiger partial charge in [-0.25, -0.2) is 0 Å². The zero-order chi connectivity index (χ0) is 22.9. The highest BCUT2D eigenvalue weighted by atomic mass is 32.2. The lowest BCUT2D eigenvalue weighted by Crippen LogP contribution is -2.22. The van der Waals surface area contributed by atoms with Crippen LogP contribution in [0, 0.1) is 10.1 Å². The van der Waals surface area contributed by atoms with E-state index >= 15 is 0 Å². The van der Waals surface area contributed by atoms with E-state index in [1.54, 1.807) is 24.3 Å². The predicted octanol–water partition coefficient (Wildman–Crippen LogP) is 3.48. The van der Waals surface area contributed by atoms with Crippen LogP contribution in [0.5, 0.6) is 0 Å². The zero-order valence-electron chi connectivity index (χ0n) is 17.0. The van der Waals surface area contributed by atoms with Gasteiger partial charge in [-0.3, -0.25) is 23.9 Å². The summed E-state index contributed by atoms with van der Waals surface area (Å²) in [6.45, 7) is 4.03. The van der Waals surface area contributed by atoms with Gasteiger partial charge in [0.15, 0.2) is 5.16 Å². The van der Waals surface area contributed by atoms with Gasteiger partial charge in [0.05, 0.1) is 21.6 Å². The molecule has 0 atom stereocenters. The van der Waals surface area contributed by atoms with Gasteiger partial charge in [0.25, 0.3) is 11.2 Å². The van der Waals surface area contributed by atoms with Gasteiger partial charge in [0.1, 0.15) is 0 Å². The van der Waals surface area contributed by atoms with E-state index in [4.69, 9.17) is 4.52 Å². The number of fused-ring (bicyclic) bond motifs is 3. The number of nitrogens with zero attached hydrogens (tertiary/aromatic N) is 7. The molecule has 0 aliphatic carbocycles. The van der Waals surface area contributed by atoms with Gasteiger partial charge in [-0.2, -0.15) is 4.98 Å². The molecule has 0 amide bonds. The second kappa shape index (κ2) is 8.31. The smallest absolute Gasteiger partial charge is 0.269 e. The molecule has 0 saturated carbocycles. The molecule has 0 unspecified atom stereocenters. The summed E-state index contributed by atoms with van der Waals surface area (Å²) in [5.41, 5.74) is 1.13. The first-order chi connectivity index (χ1) is 16.1. The number of nitro benzene ring substituents is 1. The summed E-state index contributed by atoms with van der Waals surface area (Å²) in [4.78, 5) is 27.6. The lowest BCUT2D eigenvalue weighted by molar-refractivity contribution is -0.384. The summed E-state index contributed by atoms with van der Waals surface area (Å²) in [6, 6.07) is 13.2. The second-order valence-corrected chi connectivity index (χ2v) is 7.89. The number of aromatic nitrogens is 6. The van der Waals surface area contributed by atoms with Crippen molar-refractivity contribution in [1.29, 1.82) is 0 Å². The fourth-order valence-corrected chi connectivity index (χ4v) is 4.19. The number of hydrogen-bond donors (Lipinski definition) is 0. The van der Waals surface area contributed by atoms with Crippen molar-refractivity contribution >= 4 is 34.1 Å². The standard InChI is InChI=1S/C21H15N7O4S/c1-2-11-26-19(29)15-5-3-4-6-16(15)27-20(26)23-24-21(27)33-12-17-22-18(25-32-17)13-7-9-14(10-8-13)28(30)31/h2-10H,1,11-12H2. The maximum Gasteiger partial charge on any atom is 0.269 e. The first-order valence-corrected chi connectivity index (χ1v) is 10.7. The van der Waals surface area contributed by atoms with Crippen molar-refractivity contribution < 1.29 is 9.45 Å². The third-order valence-electron chi connectivity index (χ3n) is 4.92.